The fraction of sp³-hybridized carbons (Fsp3) is 0.889. The standard InChI is InChI=1S/C18H28N2O2/c21-17(19-11-13-5-7-15(19)9-13)3-1-2-4-18(22)20-12-14-6-8-16(20)10-14/h13-16H,1-12H2. The van der Waals surface area contributed by atoms with Crippen molar-refractivity contribution in [3.63, 3.8) is 0 Å². The molecule has 122 valence electrons. The van der Waals surface area contributed by atoms with Crippen LogP contribution in [0.1, 0.15) is 64.2 Å². The normalized spacial score (nSPS) is 35.6. The number of unbranched alkanes of at least 4 members (excludes halogenated alkanes) is 1. The fourth-order valence-corrected chi connectivity index (χ4v) is 5.30. The van der Waals surface area contributed by atoms with Gasteiger partial charge in [0.05, 0.1) is 0 Å². The lowest BCUT2D eigenvalue weighted by atomic mass is 10.1. The third-order valence-corrected chi connectivity index (χ3v) is 6.49. The monoisotopic (exact) mass is 304 g/mol. The second-order valence-electron chi connectivity index (χ2n) is 7.97. The molecule has 0 aromatic heterocycles. The molecule has 4 nitrogen and oxygen atoms in total. The Hall–Kier alpha value is -1.06. The molecule has 2 aliphatic heterocycles. The molecule has 4 unspecified atom stereocenters. The summed E-state index contributed by atoms with van der Waals surface area (Å²) >= 11 is 0. The van der Waals surface area contributed by atoms with Crippen molar-refractivity contribution in [2.24, 2.45) is 11.8 Å². The molecule has 4 fully saturated rings. The molecule has 4 bridgehead atoms. The number of amides is 2. The summed E-state index contributed by atoms with van der Waals surface area (Å²) in [5, 5.41) is 0. The van der Waals surface area contributed by atoms with Gasteiger partial charge in [-0.05, 0) is 63.2 Å². The van der Waals surface area contributed by atoms with Crippen molar-refractivity contribution >= 4 is 11.8 Å². The summed E-state index contributed by atoms with van der Waals surface area (Å²) < 4.78 is 0. The van der Waals surface area contributed by atoms with Crippen LogP contribution in [-0.2, 0) is 9.59 Å². The lowest BCUT2D eigenvalue weighted by molar-refractivity contribution is -0.134. The van der Waals surface area contributed by atoms with Gasteiger partial charge >= 0.3 is 0 Å². The fourth-order valence-electron chi connectivity index (χ4n) is 5.30. The molecule has 2 aliphatic carbocycles. The van der Waals surface area contributed by atoms with Crippen molar-refractivity contribution in [2.45, 2.75) is 76.3 Å². The Morgan fingerprint density at radius 1 is 0.727 bits per heavy atom. The number of carbonyl (C=O) groups excluding carboxylic acids is 2. The van der Waals surface area contributed by atoms with Gasteiger partial charge in [0.1, 0.15) is 0 Å². The predicted octanol–water partition coefficient (Wildman–Crippen LogP) is 2.57. The average molecular weight is 304 g/mol. The summed E-state index contributed by atoms with van der Waals surface area (Å²) in [5.74, 6) is 2.22. The highest BCUT2D eigenvalue weighted by atomic mass is 16.2. The van der Waals surface area contributed by atoms with Crippen molar-refractivity contribution in [2.75, 3.05) is 13.1 Å². The average Bonchev–Trinajstić information content (AvgIpc) is 3.30. The SMILES string of the molecule is O=C(CCCCC(=O)N1CC2CCC1C2)N1CC2CCC1C2. The van der Waals surface area contributed by atoms with Crippen molar-refractivity contribution in [1.29, 1.82) is 0 Å². The molecular weight excluding hydrogens is 276 g/mol. The second-order valence-corrected chi connectivity index (χ2v) is 7.97. The number of nitrogens with zero attached hydrogens (tertiary/aromatic N) is 2. The smallest absolute Gasteiger partial charge is 0.222 e. The van der Waals surface area contributed by atoms with E-state index < -0.39 is 0 Å². The number of rotatable bonds is 5. The van der Waals surface area contributed by atoms with Crippen molar-refractivity contribution in [3.8, 4) is 0 Å². The maximum atomic E-state index is 12.3. The number of carbonyl (C=O) groups is 2. The van der Waals surface area contributed by atoms with Gasteiger partial charge in [-0.1, -0.05) is 0 Å². The highest BCUT2D eigenvalue weighted by molar-refractivity contribution is 5.78. The number of likely N-dealkylation sites (tertiary alicyclic amines) is 2. The van der Waals surface area contributed by atoms with E-state index in [4.69, 9.17) is 0 Å². The third-order valence-electron chi connectivity index (χ3n) is 6.49. The zero-order valence-corrected chi connectivity index (χ0v) is 13.5. The zero-order chi connectivity index (χ0) is 15.1. The number of hydrogen-bond acceptors (Lipinski definition) is 2. The van der Waals surface area contributed by atoms with Crippen LogP contribution < -0.4 is 0 Å². The van der Waals surface area contributed by atoms with Gasteiger partial charge < -0.3 is 9.80 Å². The van der Waals surface area contributed by atoms with E-state index in [2.05, 4.69) is 9.80 Å². The third kappa shape index (κ3) is 2.65. The van der Waals surface area contributed by atoms with Gasteiger partial charge in [0.2, 0.25) is 11.8 Å². The predicted molar refractivity (Wildman–Crippen MR) is 84.2 cm³/mol. The number of fused-ring (bicyclic) bond motifs is 4. The first kappa shape index (κ1) is 14.5. The highest BCUT2D eigenvalue weighted by Crippen LogP contribution is 2.38. The zero-order valence-electron chi connectivity index (χ0n) is 13.5. The molecule has 0 radical (unpaired) electrons. The summed E-state index contributed by atoms with van der Waals surface area (Å²) in [7, 11) is 0. The van der Waals surface area contributed by atoms with Crippen LogP contribution in [0.5, 0.6) is 0 Å². The lowest BCUT2D eigenvalue weighted by Crippen LogP contribution is -2.38. The maximum Gasteiger partial charge on any atom is 0.222 e. The van der Waals surface area contributed by atoms with Crippen LogP contribution in [0.3, 0.4) is 0 Å². The van der Waals surface area contributed by atoms with Crippen LogP contribution in [0.15, 0.2) is 0 Å². The molecule has 2 saturated heterocycles. The van der Waals surface area contributed by atoms with Gasteiger partial charge in [-0.25, -0.2) is 0 Å². The Morgan fingerprint density at radius 3 is 1.50 bits per heavy atom. The first-order chi connectivity index (χ1) is 10.7. The lowest BCUT2D eigenvalue weighted by Gasteiger charge is -2.28. The van der Waals surface area contributed by atoms with E-state index >= 15 is 0 Å². The molecule has 4 rings (SSSR count). The molecule has 0 aromatic rings. The molecule has 0 aromatic carbocycles. The Morgan fingerprint density at radius 2 is 1.18 bits per heavy atom. The molecule has 4 heteroatoms. The van der Waals surface area contributed by atoms with Gasteiger partial charge in [-0.3, -0.25) is 9.59 Å². The van der Waals surface area contributed by atoms with Gasteiger partial charge in [0.15, 0.2) is 0 Å². The van der Waals surface area contributed by atoms with Crippen LogP contribution in [0.4, 0.5) is 0 Å². The summed E-state index contributed by atoms with van der Waals surface area (Å²) in [4.78, 5) is 28.8. The van der Waals surface area contributed by atoms with Crippen molar-refractivity contribution in [1.82, 2.24) is 9.80 Å². The van der Waals surface area contributed by atoms with E-state index in [0.717, 1.165) is 37.8 Å². The molecule has 2 saturated carbocycles. The minimum Gasteiger partial charge on any atom is -0.339 e. The van der Waals surface area contributed by atoms with E-state index in [-0.39, 0.29) is 0 Å². The largest absolute Gasteiger partial charge is 0.339 e. The number of hydrogen-bond donors (Lipinski definition) is 0. The Balaban J connectivity index is 1.15. The van der Waals surface area contributed by atoms with Crippen molar-refractivity contribution in [3.05, 3.63) is 0 Å². The molecule has 4 atom stereocenters. The van der Waals surface area contributed by atoms with E-state index in [1.165, 1.54) is 38.5 Å². The molecule has 22 heavy (non-hydrogen) atoms. The van der Waals surface area contributed by atoms with Gasteiger partial charge in [0, 0.05) is 38.0 Å². The Kier molecular flexibility index (Phi) is 3.87. The maximum absolute atomic E-state index is 12.3. The minimum atomic E-state index is 0.333. The van der Waals surface area contributed by atoms with Gasteiger partial charge in [0.25, 0.3) is 0 Å². The first-order valence-corrected chi connectivity index (χ1v) is 9.29. The van der Waals surface area contributed by atoms with Crippen LogP contribution in [0, 0.1) is 11.8 Å². The topological polar surface area (TPSA) is 40.6 Å². The molecule has 0 N–H and O–H groups in total. The quantitative estimate of drug-likeness (QED) is 0.732. The minimum absolute atomic E-state index is 0.333. The Labute approximate surface area is 133 Å². The van der Waals surface area contributed by atoms with E-state index in [1.54, 1.807) is 0 Å². The molecule has 2 heterocycles. The molecule has 2 amide bonds. The molecule has 4 aliphatic rings. The van der Waals surface area contributed by atoms with E-state index in [0.29, 0.717) is 36.7 Å². The van der Waals surface area contributed by atoms with Crippen LogP contribution in [0.25, 0.3) is 0 Å². The Bertz CT molecular complexity index is 422. The van der Waals surface area contributed by atoms with Gasteiger partial charge in [-0.2, -0.15) is 0 Å². The summed E-state index contributed by atoms with van der Waals surface area (Å²) in [6.45, 7) is 2.00. The van der Waals surface area contributed by atoms with Crippen LogP contribution in [0.2, 0.25) is 0 Å². The number of piperidine rings is 2. The first-order valence-electron chi connectivity index (χ1n) is 9.29. The highest BCUT2D eigenvalue weighted by Gasteiger charge is 2.40. The van der Waals surface area contributed by atoms with E-state index in [1.807, 2.05) is 0 Å². The molecular formula is C18H28N2O2. The second kappa shape index (κ2) is 5.86. The van der Waals surface area contributed by atoms with Crippen LogP contribution in [-0.4, -0.2) is 46.8 Å². The molecule has 0 spiro atoms. The van der Waals surface area contributed by atoms with E-state index in [9.17, 15) is 9.59 Å². The summed E-state index contributed by atoms with van der Waals surface area (Å²) in [6.07, 6.45) is 10.6. The summed E-state index contributed by atoms with van der Waals surface area (Å²) in [6, 6.07) is 1.08. The van der Waals surface area contributed by atoms with Crippen molar-refractivity contribution < 1.29 is 9.59 Å². The van der Waals surface area contributed by atoms with Crippen LogP contribution >= 0.6 is 0 Å². The summed E-state index contributed by atoms with van der Waals surface area (Å²) in [5.41, 5.74) is 0. The van der Waals surface area contributed by atoms with Gasteiger partial charge in [-0.15, -0.1) is 0 Å².